The van der Waals surface area contributed by atoms with Crippen molar-refractivity contribution in [2.75, 3.05) is 0 Å². The van der Waals surface area contributed by atoms with Crippen molar-refractivity contribution in [1.82, 2.24) is 15.3 Å². The van der Waals surface area contributed by atoms with Crippen molar-refractivity contribution >= 4 is 11.6 Å². The Bertz CT molecular complexity index is 721. The zero-order valence-corrected chi connectivity index (χ0v) is 14.4. The van der Waals surface area contributed by atoms with Gasteiger partial charge in [-0.05, 0) is 49.4 Å². The monoisotopic (exact) mass is 367 g/mol. The van der Waals surface area contributed by atoms with E-state index in [1.807, 2.05) is 12.1 Å². The molecule has 0 saturated heterocycles. The molecule has 1 aromatic heterocycles. The van der Waals surface area contributed by atoms with Gasteiger partial charge in [0.2, 0.25) is 0 Å². The van der Waals surface area contributed by atoms with Crippen LogP contribution in [0.25, 0.3) is 0 Å². The van der Waals surface area contributed by atoms with Crippen LogP contribution in [0.2, 0.25) is 5.02 Å². The predicted octanol–water partition coefficient (Wildman–Crippen LogP) is 3.99. The minimum Gasteiger partial charge on any atom is -0.385 e. The summed E-state index contributed by atoms with van der Waals surface area (Å²) in [7, 11) is 0. The third-order valence-electron chi connectivity index (χ3n) is 4.67. The average molecular weight is 368 g/mol. The first-order valence-electron chi connectivity index (χ1n) is 8.28. The molecule has 1 aliphatic carbocycles. The van der Waals surface area contributed by atoms with E-state index >= 15 is 0 Å². The summed E-state index contributed by atoms with van der Waals surface area (Å²) >= 11 is 6.02. The second kappa shape index (κ2) is 7.72. The summed E-state index contributed by atoms with van der Waals surface area (Å²) in [5.41, 5.74) is -0.285. The summed E-state index contributed by atoms with van der Waals surface area (Å²) in [4.78, 5) is 7.88. The van der Waals surface area contributed by atoms with Gasteiger partial charge < -0.3 is 10.4 Å². The molecule has 25 heavy (non-hydrogen) atoms. The first-order chi connectivity index (χ1) is 12.0. The summed E-state index contributed by atoms with van der Waals surface area (Å²) in [5.74, 6) is 0.355. The standard InChI is InChI=1S/C18H20ClF2N3O/c19-13-3-1-2-12(10-13)18(25)7-4-14(5-8-18)23-11-16-22-9-6-15(24-16)17(20)21/h1-3,6,9-10,14,17,23,25H,4-5,7-8,11H2. The zero-order valence-electron chi connectivity index (χ0n) is 13.6. The zero-order chi connectivity index (χ0) is 17.9. The van der Waals surface area contributed by atoms with Crippen molar-refractivity contribution in [1.29, 1.82) is 0 Å². The lowest BCUT2D eigenvalue weighted by molar-refractivity contribution is -0.00852. The molecular formula is C18H20ClF2N3O. The molecule has 1 aliphatic rings. The Labute approximate surface area is 150 Å². The lowest BCUT2D eigenvalue weighted by Gasteiger charge is -2.36. The SMILES string of the molecule is OC1(c2cccc(Cl)c2)CCC(NCc2nccc(C(F)F)n2)CC1. The maximum atomic E-state index is 12.7. The summed E-state index contributed by atoms with van der Waals surface area (Å²) in [6.45, 7) is 0.334. The number of hydrogen-bond acceptors (Lipinski definition) is 4. The van der Waals surface area contributed by atoms with Crippen LogP contribution in [-0.2, 0) is 12.1 Å². The lowest BCUT2D eigenvalue weighted by Crippen LogP contribution is -2.39. The molecule has 1 saturated carbocycles. The van der Waals surface area contributed by atoms with Crippen molar-refractivity contribution in [3.8, 4) is 0 Å². The van der Waals surface area contributed by atoms with E-state index in [0.717, 1.165) is 18.4 Å². The van der Waals surface area contributed by atoms with Crippen molar-refractivity contribution in [3.63, 3.8) is 0 Å². The minimum atomic E-state index is -2.59. The highest BCUT2D eigenvalue weighted by Crippen LogP contribution is 2.37. The Kier molecular flexibility index (Phi) is 5.61. The normalized spacial score (nSPS) is 23.8. The van der Waals surface area contributed by atoms with Crippen LogP contribution in [0.5, 0.6) is 0 Å². The van der Waals surface area contributed by atoms with Crippen molar-refractivity contribution < 1.29 is 13.9 Å². The Balaban J connectivity index is 1.55. The van der Waals surface area contributed by atoms with E-state index in [-0.39, 0.29) is 11.7 Å². The molecule has 0 bridgehead atoms. The van der Waals surface area contributed by atoms with Gasteiger partial charge in [0, 0.05) is 17.3 Å². The Hall–Kier alpha value is -1.63. The van der Waals surface area contributed by atoms with Gasteiger partial charge in [-0.15, -0.1) is 0 Å². The fourth-order valence-electron chi connectivity index (χ4n) is 3.22. The van der Waals surface area contributed by atoms with Crippen LogP contribution in [0.1, 0.15) is 49.2 Å². The molecule has 1 aromatic carbocycles. The van der Waals surface area contributed by atoms with Crippen LogP contribution in [0.4, 0.5) is 8.78 Å². The van der Waals surface area contributed by atoms with E-state index in [2.05, 4.69) is 15.3 Å². The first kappa shape index (κ1) is 18.2. The number of nitrogens with zero attached hydrogens (tertiary/aromatic N) is 2. The summed E-state index contributed by atoms with van der Waals surface area (Å²) in [6, 6.07) is 8.74. The topological polar surface area (TPSA) is 58.0 Å². The molecule has 1 heterocycles. The summed E-state index contributed by atoms with van der Waals surface area (Å²) in [5, 5.41) is 14.8. The molecule has 1 fully saturated rings. The molecule has 2 N–H and O–H groups in total. The van der Waals surface area contributed by atoms with Gasteiger partial charge >= 0.3 is 0 Å². The van der Waals surface area contributed by atoms with E-state index in [0.29, 0.717) is 30.2 Å². The molecule has 0 amide bonds. The Morgan fingerprint density at radius 1 is 1.28 bits per heavy atom. The van der Waals surface area contributed by atoms with Crippen LogP contribution in [0.15, 0.2) is 36.5 Å². The highest BCUT2D eigenvalue weighted by molar-refractivity contribution is 6.30. The van der Waals surface area contributed by atoms with Crippen LogP contribution >= 0.6 is 11.6 Å². The van der Waals surface area contributed by atoms with Crippen molar-refractivity contribution in [2.45, 2.75) is 50.3 Å². The van der Waals surface area contributed by atoms with Crippen LogP contribution in [-0.4, -0.2) is 21.1 Å². The quantitative estimate of drug-likeness (QED) is 0.839. The van der Waals surface area contributed by atoms with Crippen LogP contribution < -0.4 is 5.32 Å². The highest BCUT2D eigenvalue weighted by atomic mass is 35.5. The van der Waals surface area contributed by atoms with E-state index in [9.17, 15) is 13.9 Å². The number of benzene rings is 1. The number of nitrogens with one attached hydrogen (secondary N) is 1. The van der Waals surface area contributed by atoms with Gasteiger partial charge in [0.1, 0.15) is 11.5 Å². The highest BCUT2D eigenvalue weighted by Gasteiger charge is 2.34. The molecule has 0 atom stereocenters. The fourth-order valence-corrected chi connectivity index (χ4v) is 3.41. The van der Waals surface area contributed by atoms with Gasteiger partial charge in [0.25, 0.3) is 6.43 Å². The van der Waals surface area contributed by atoms with Gasteiger partial charge in [0.15, 0.2) is 0 Å². The molecule has 0 spiro atoms. The number of aromatic nitrogens is 2. The fraction of sp³-hybridized carbons (Fsp3) is 0.444. The van der Waals surface area contributed by atoms with Gasteiger partial charge in [-0.25, -0.2) is 18.7 Å². The molecule has 7 heteroatoms. The molecular weight excluding hydrogens is 348 g/mol. The van der Waals surface area contributed by atoms with Crippen LogP contribution in [0, 0.1) is 0 Å². The third kappa shape index (κ3) is 4.51. The third-order valence-corrected chi connectivity index (χ3v) is 4.91. The molecule has 4 nitrogen and oxygen atoms in total. The smallest absolute Gasteiger partial charge is 0.280 e. The number of aliphatic hydroxyl groups is 1. The minimum absolute atomic E-state index is 0.193. The maximum Gasteiger partial charge on any atom is 0.280 e. The molecule has 3 rings (SSSR count). The lowest BCUT2D eigenvalue weighted by atomic mass is 9.78. The van der Waals surface area contributed by atoms with Crippen molar-refractivity contribution in [3.05, 3.63) is 58.6 Å². The predicted molar refractivity (Wildman–Crippen MR) is 91.4 cm³/mol. The second-order valence-corrected chi connectivity index (χ2v) is 6.83. The average Bonchev–Trinajstić information content (AvgIpc) is 2.61. The molecule has 2 aromatic rings. The molecule has 0 radical (unpaired) electrons. The van der Waals surface area contributed by atoms with E-state index in [4.69, 9.17) is 11.6 Å². The van der Waals surface area contributed by atoms with E-state index in [1.54, 1.807) is 12.1 Å². The van der Waals surface area contributed by atoms with E-state index in [1.165, 1.54) is 12.3 Å². The maximum absolute atomic E-state index is 12.7. The van der Waals surface area contributed by atoms with E-state index < -0.39 is 12.0 Å². The van der Waals surface area contributed by atoms with Crippen LogP contribution in [0.3, 0.4) is 0 Å². The molecule has 0 aliphatic heterocycles. The largest absolute Gasteiger partial charge is 0.385 e. The van der Waals surface area contributed by atoms with Gasteiger partial charge in [-0.1, -0.05) is 23.7 Å². The van der Waals surface area contributed by atoms with Crippen molar-refractivity contribution in [2.24, 2.45) is 0 Å². The number of halogens is 3. The second-order valence-electron chi connectivity index (χ2n) is 6.40. The summed E-state index contributed by atoms with van der Waals surface area (Å²) < 4.78 is 25.3. The molecule has 134 valence electrons. The number of hydrogen-bond donors (Lipinski definition) is 2. The molecule has 0 unspecified atom stereocenters. The first-order valence-corrected chi connectivity index (χ1v) is 8.66. The Morgan fingerprint density at radius 2 is 2.04 bits per heavy atom. The van der Waals surface area contributed by atoms with Gasteiger partial charge in [-0.2, -0.15) is 0 Å². The van der Waals surface area contributed by atoms with Gasteiger partial charge in [0.05, 0.1) is 12.1 Å². The number of alkyl halides is 2. The number of rotatable bonds is 5. The summed E-state index contributed by atoms with van der Waals surface area (Å²) in [6.07, 6.45) is 1.54. The van der Waals surface area contributed by atoms with Gasteiger partial charge in [-0.3, -0.25) is 0 Å². The Morgan fingerprint density at radius 3 is 2.72 bits per heavy atom.